The highest BCUT2D eigenvalue weighted by atomic mass is 16.1. The van der Waals surface area contributed by atoms with Crippen LogP contribution in [-0.2, 0) is 6.67 Å². The number of aromatic nitrogens is 2. The Kier molecular flexibility index (Phi) is 2.99. The summed E-state index contributed by atoms with van der Waals surface area (Å²) in [6.45, 7) is 4.51. The Labute approximate surface area is 71.2 Å². The topological polar surface area (TPSA) is 46.9 Å². The van der Waals surface area contributed by atoms with Crippen LogP contribution in [0.15, 0.2) is 23.1 Å². The van der Waals surface area contributed by atoms with Crippen LogP contribution in [0.25, 0.3) is 0 Å². The first-order valence-electron chi connectivity index (χ1n) is 3.95. The van der Waals surface area contributed by atoms with Crippen molar-refractivity contribution in [3.8, 4) is 0 Å². The molecule has 0 aromatic carbocycles. The van der Waals surface area contributed by atoms with Gasteiger partial charge in [-0.05, 0) is 19.9 Å². The number of rotatable bonds is 3. The van der Waals surface area contributed by atoms with E-state index in [4.69, 9.17) is 0 Å². The maximum atomic E-state index is 11.1. The summed E-state index contributed by atoms with van der Waals surface area (Å²) in [5, 5.41) is 6.99. The molecule has 1 heterocycles. The molecule has 1 rings (SSSR count). The molecule has 0 aliphatic carbocycles. The number of hydrogen-bond acceptors (Lipinski definition) is 3. The summed E-state index contributed by atoms with van der Waals surface area (Å²) in [5.41, 5.74) is -0.0781. The normalized spacial score (nSPS) is 10.6. The molecule has 0 aliphatic rings. The van der Waals surface area contributed by atoms with Crippen LogP contribution in [-0.4, -0.2) is 15.8 Å². The zero-order valence-electron chi connectivity index (χ0n) is 7.32. The van der Waals surface area contributed by atoms with E-state index in [2.05, 4.69) is 10.4 Å². The van der Waals surface area contributed by atoms with Gasteiger partial charge in [0.25, 0.3) is 5.56 Å². The average molecular weight is 167 g/mol. The van der Waals surface area contributed by atoms with E-state index in [-0.39, 0.29) is 5.56 Å². The lowest BCUT2D eigenvalue weighted by Crippen LogP contribution is -2.32. The van der Waals surface area contributed by atoms with E-state index >= 15 is 0 Å². The fraction of sp³-hybridized carbons (Fsp3) is 0.500. The predicted octanol–water partition coefficient (Wildman–Crippen LogP) is 0.199. The maximum Gasteiger partial charge on any atom is 0.267 e. The lowest BCUT2D eigenvalue weighted by atomic mass is 10.4. The van der Waals surface area contributed by atoms with Crippen molar-refractivity contribution >= 4 is 0 Å². The highest BCUT2D eigenvalue weighted by molar-refractivity contribution is 4.84. The Morgan fingerprint density at radius 1 is 1.67 bits per heavy atom. The van der Waals surface area contributed by atoms with Gasteiger partial charge in [-0.3, -0.25) is 10.1 Å². The van der Waals surface area contributed by atoms with E-state index in [0.717, 1.165) is 0 Å². The molecule has 0 saturated carbocycles. The first-order chi connectivity index (χ1) is 5.70. The van der Waals surface area contributed by atoms with Crippen molar-refractivity contribution in [2.75, 3.05) is 0 Å². The third kappa shape index (κ3) is 2.47. The summed E-state index contributed by atoms with van der Waals surface area (Å²) in [6, 6.07) is 3.49. The second-order valence-corrected chi connectivity index (χ2v) is 2.88. The fourth-order valence-electron chi connectivity index (χ4n) is 0.775. The van der Waals surface area contributed by atoms with Crippen LogP contribution in [0.4, 0.5) is 0 Å². The van der Waals surface area contributed by atoms with Crippen molar-refractivity contribution in [2.45, 2.75) is 26.6 Å². The first-order valence-corrected chi connectivity index (χ1v) is 3.95. The highest BCUT2D eigenvalue weighted by Gasteiger charge is 1.95. The summed E-state index contributed by atoms with van der Waals surface area (Å²) in [6.07, 6.45) is 1.60. The minimum atomic E-state index is -0.0781. The fourth-order valence-corrected chi connectivity index (χ4v) is 0.775. The molecule has 1 N–H and O–H groups in total. The van der Waals surface area contributed by atoms with Gasteiger partial charge in [0, 0.05) is 18.3 Å². The Hall–Kier alpha value is -1.16. The Bertz CT molecular complexity index is 292. The summed E-state index contributed by atoms with van der Waals surface area (Å²) >= 11 is 0. The van der Waals surface area contributed by atoms with E-state index in [1.807, 2.05) is 13.8 Å². The molecule has 0 saturated heterocycles. The average Bonchev–Trinajstić information content (AvgIpc) is 2.03. The van der Waals surface area contributed by atoms with Crippen molar-refractivity contribution in [2.24, 2.45) is 0 Å². The number of nitrogens with one attached hydrogen (secondary N) is 1. The van der Waals surface area contributed by atoms with Gasteiger partial charge in [-0.25, -0.2) is 4.68 Å². The van der Waals surface area contributed by atoms with Crippen LogP contribution in [0.3, 0.4) is 0 Å². The lowest BCUT2D eigenvalue weighted by Gasteiger charge is -2.08. The van der Waals surface area contributed by atoms with Crippen LogP contribution >= 0.6 is 0 Å². The van der Waals surface area contributed by atoms with E-state index in [1.54, 1.807) is 12.3 Å². The highest BCUT2D eigenvalue weighted by Crippen LogP contribution is 1.77. The third-order valence-corrected chi connectivity index (χ3v) is 1.43. The molecule has 0 spiro atoms. The summed E-state index contributed by atoms with van der Waals surface area (Å²) in [4.78, 5) is 11.1. The zero-order chi connectivity index (χ0) is 8.97. The quantitative estimate of drug-likeness (QED) is 0.699. The van der Waals surface area contributed by atoms with Gasteiger partial charge in [0.05, 0.1) is 6.67 Å². The van der Waals surface area contributed by atoms with Gasteiger partial charge in [0.2, 0.25) is 0 Å². The van der Waals surface area contributed by atoms with Crippen LogP contribution in [0.1, 0.15) is 13.8 Å². The van der Waals surface area contributed by atoms with Gasteiger partial charge in [0.1, 0.15) is 0 Å². The van der Waals surface area contributed by atoms with E-state index in [0.29, 0.717) is 12.7 Å². The largest absolute Gasteiger partial charge is 0.296 e. The molecule has 0 atom stereocenters. The van der Waals surface area contributed by atoms with Crippen molar-refractivity contribution in [3.05, 3.63) is 28.7 Å². The van der Waals surface area contributed by atoms with Crippen molar-refractivity contribution in [3.63, 3.8) is 0 Å². The van der Waals surface area contributed by atoms with Gasteiger partial charge in [-0.1, -0.05) is 0 Å². The van der Waals surface area contributed by atoms with E-state index in [1.165, 1.54) is 10.7 Å². The van der Waals surface area contributed by atoms with E-state index < -0.39 is 0 Å². The summed E-state index contributed by atoms with van der Waals surface area (Å²) in [5.74, 6) is 0. The van der Waals surface area contributed by atoms with Crippen molar-refractivity contribution < 1.29 is 0 Å². The molecule has 4 heteroatoms. The van der Waals surface area contributed by atoms with Crippen molar-refractivity contribution in [1.29, 1.82) is 0 Å². The molecular weight excluding hydrogens is 154 g/mol. The van der Waals surface area contributed by atoms with E-state index in [9.17, 15) is 4.79 Å². The second-order valence-electron chi connectivity index (χ2n) is 2.88. The second kappa shape index (κ2) is 4.01. The lowest BCUT2D eigenvalue weighted by molar-refractivity contribution is 0.450. The van der Waals surface area contributed by atoms with Crippen LogP contribution < -0.4 is 10.9 Å². The molecule has 0 fully saturated rings. The minimum Gasteiger partial charge on any atom is -0.296 e. The molecule has 0 aliphatic heterocycles. The minimum absolute atomic E-state index is 0.0781. The van der Waals surface area contributed by atoms with Crippen LogP contribution in [0.2, 0.25) is 0 Å². The van der Waals surface area contributed by atoms with Gasteiger partial charge in [-0.15, -0.1) is 0 Å². The van der Waals surface area contributed by atoms with Crippen molar-refractivity contribution in [1.82, 2.24) is 15.1 Å². The predicted molar refractivity (Wildman–Crippen MR) is 46.8 cm³/mol. The molecule has 0 amide bonds. The smallest absolute Gasteiger partial charge is 0.267 e. The number of hydrogen-bond donors (Lipinski definition) is 1. The first kappa shape index (κ1) is 8.93. The maximum absolute atomic E-state index is 11.1. The monoisotopic (exact) mass is 167 g/mol. The Balaban J connectivity index is 2.64. The molecule has 12 heavy (non-hydrogen) atoms. The third-order valence-electron chi connectivity index (χ3n) is 1.43. The molecule has 0 bridgehead atoms. The molecule has 1 aromatic rings. The zero-order valence-corrected chi connectivity index (χ0v) is 7.32. The summed E-state index contributed by atoms with van der Waals surface area (Å²) in [7, 11) is 0. The Morgan fingerprint density at radius 3 is 3.00 bits per heavy atom. The number of nitrogens with zero attached hydrogens (tertiary/aromatic N) is 2. The molecule has 4 nitrogen and oxygen atoms in total. The molecule has 1 aromatic heterocycles. The van der Waals surface area contributed by atoms with Gasteiger partial charge in [0.15, 0.2) is 0 Å². The van der Waals surface area contributed by atoms with Gasteiger partial charge in [-0.2, -0.15) is 5.10 Å². The summed E-state index contributed by atoms with van der Waals surface area (Å²) < 4.78 is 1.39. The van der Waals surface area contributed by atoms with Crippen LogP contribution in [0.5, 0.6) is 0 Å². The van der Waals surface area contributed by atoms with Gasteiger partial charge >= 0.3 is 0 Å². The van der Waals surface area contributed by atoms with Crippen LogP contribution in [0, 0.1) is 0 Å². The molecule has 0 radical (unpaired) electrons. The molecular formula is C8H13N3O. The SMILES string of the molecule is CC(C)NCn1ncccc1=O. The standard InChI is InChI=1S/C8H13N3O/c1-7(2)9-6-11-8(12)4-3-5-10-11/h3-5,7,9H,6H2,1-2H3. The Morgan fingerprint density at radius 2 is 2.42 bits per heavy atom. The molecule has 66 valence electrons. The molecule has 0 unspecified atom stereocenters. The van der Waals surface area contributed by atoms with Gasteiger partial charge < -0.3 is 0 Å².